The van der Waals surface area contributed by atoms with Gasteiger partial charge in [-0.15, -0.1) is 10.2 Å². The van der Waals surface area contributed by atoms with Crippen molar-refractivity contribution in [1.82, 2.24) is 30.2 Å². The van der Waals surface area contributed by atoms with E-state index in [9.17, 15) is 14.7 Å². The molecule has 0 bridgehead atoms. The molecule has 2 amide bonds. The maximum atomic E-state index is 12.7. The number of hydrogen-bond acceptors (Lipinski definition) is 11. The van der Waals surface area contributed by atoms with Crippen molar-refractivity contribution in [3.05, 3.63) is 60.9 Å². The molecule has 8 rings (SSSR count). The number of anilines is 3. The first-order valence-electron chi connectivity index (χ1n) is 17.2. The summed E-state index contributed by atoms with van der Waals surface area (Å²) in [5.74, 6) is 0.893. The lowest BCUT2D eigenvalue weighted by Gasteiger charge is -2.44. The highest BCUT2D eigenvalue weighted by atomic mass is 16.5. The second-order valence-electron chi connectivity index (χ2n) is 13.4. The van der Waals surface area contributed by atoms with Gasteiger partial charge in [-0.1, -0.05) is 18.2 Å². The minimum absolute atomic E-state index is 0.146. The fourth-order valence-electron chi connectivity index (χ4n) is 7.95. The topological polar surface area (TPSA) is 155 Å². The van der Waals surface area contributed by atoms with Crippen LogP contribution >= 0.6 is 0 Å². The van der Waals surface area contributed by atoms with Gasteiger partial charge in [0.25, 0.3) is 0 Å². The lowest BCUT2D eigenvalue weighted by atomic mass is 9.90. The summed E-state index contributed by atoms with van der Waals surface area (Å²) in [5, 5.41) is 25.9. The molecular weight excluding hydrogens is 622 g/mol. The summed E-state index contributed by atoms with van der Waals surface area (Å²) in [4.78, 5) is 31.6. The maximum absolute atomic E-state index is 12.7. The zero-order valence-corrected chi connectivity index (χ0v) is 27.4. The third-order valence-corrected chi connectivity index (χ3v) is 10.6. The zero-order chi connectivity index (χ0) is 33.5. The van der Waals surface area contributed by atoms with Crippen LogP contribution < -0.4 is 25.6 Å². The third kappa shape index (κ3) is 6.03. The molecule has 13 heteroatoms. The van der Waals surface area contributed by atoms with Crippen LogP contribution in [0.2, 0.25) is 0 Å². The molecule has 5 heterocycles. The smallest absolute Gasteiger partial charge is 0.249 e. The molecule has 1 unspecified atom stereocenters. The number of piperazine rings is 1. The Morgan fingerprint density at radius 1 is 0.857 bits per heavy atom. The molecule has 2 aromatic heterocycles. The summed E-state index contributed by atoms with van der Waals surface area (Å²) in [6, 6.07) is 15.6. The number of phenols is 1. The number of phenolic OH excluding ortho intramolecular Hbond substituents is 1. The van der Waals surface area contributed by atoms with Gasteiger partial charge in [0.15, 0.2) is 11.6 Å². The second kappa shape index (κ2) is 13.0. The maximum Gasteiger partial charge on any atom is 0.249 e. The fraction of sp³-hybridized carbons (Fsp3) is 0.417. The molecule has 0 spiro atoms. The van der Waals surface area contributed by atoms with E-state index in [0.717, 1.165) is 80.1 Å². The SMILES string of the molecule is Nc1nnc(-c2ccccc2O)cc1-c1cnn([C@H]2CC[C@@H](N3CCN(c4cccc5c4OCCN5C4CCC(=O)NC4=O)CC3)CC2)c1. The van der Waals surface area contributed by atoms with Gasteiger partial charge < -0.3 is 25.4 Å². The van der Waals surface area contributed by atoms with Gasteiger partial charge in [0.2, 0.25) is 11.8 Å². The first kappa shape index (κ1) is 31.1. The van der Waals surface area contributed by atoms with Gasteiger partial charge in [-0.2, -0.15) is 5.10 Å². The first-order chi connectivity index (χ1) is 23.9. The number of fused-ring (bicyclic) bond motifs is 1. The molecule has 4 N–H and O–H groups in total. The Kier molecular flexibility index (Phi) is 8.28. The van der Waals surface area contributed by atoms with E-state index in [2.05, 4.69) is 47.2 Å². The average molecular weight is 664 g/mol. The molecule has 4 aliphatic rings. The predicted octanol–water partition coefficient (Wildman–Crippen LogP) is 3.60. The van der Waals surface area contributed by atoms with Crippen molar-refractivity contribution < 1.29 is 19.4 Å². The highest BCUT2D eigenvalue weighted by Crippen LogP contribution is 2.43. The van der Waals surface area contributed by atoms with E-state index in [-0.39, 0.29) is 23.6 Å². The number of imide groups is 1. The monoisotopic (exact) mass is 663 g/mol. The Bertz CT molecular complexity index is 1860. The van der Waals surface area contributed by atoms with Crippen LogP contribution in [-0.2, 0) is 9.59 Å². The number of hydrogen-bond donors (Lipinski definition) is 3. The Hall–Kier alpha value is -5.17. The van der Waals surface area contributed by atoms with Gasteiger partial charge in [-0.25, -0.2) is 0 Å². The molecule has 1 saturated carbocycles. The number of rotatable bonds is 6. The van der Waals surface area contributed by atoms with E-state index < -0.39 is 0 Å². The number of para-hydroxylation sites is 2. The van der Waals surface area contributed by atoms with Crippen molar-refractivity contribution in [1.29, 1.82) is 0 Å². The Morgan fingerprint density at radius 2 is 1.63 bits per heavy atom. The lowest BCUT2D eigenvalue weighted by Crippen LogP contribution is -2.54. The van der Waals surface area contributed by atoms with Crippen molar-refractivity contribution in [3.8, 4) is 33.9 Å². The molecule has 2 aromatic carbocycles. The van der Waals surface area contributed by atoms with Crippen molar-refractivity contribution in [2.75, 3.05) is 54.9 Å². The molecular formula is C36H41N9O4. The van der Waals surface area contributed by atoms with E-state index in [0.29, 0.717) is 55.2 Å². The number of nitrogen functional groups attached to an aromatic ring is 1. The minimum atomic E-state index is -0.357. The minimum Gasteiger partial charge on any atom is -0.507 e. The number of piperidine rings is 1. The van der Waals surface area contributed by atoms with Crippen molar-refractivity contribution in [2.45, 2.75) is 56.7 Å². The first-order valence-corrected chi connectivity index (χ1v) is 17.2. The fourth-order valence-corrected chi connectivity index (χ4v) is 7.95. The van der Waals surface area contributed by atoms with Gasteiger partial charge in [0.05, 0.1) is 35.9 Å². The number of aromatic hydroxyl groups is 1. The third-order valence-electron chi connectivity index (χ3n) is 10.6. The Labute approximate surface area is 284 Å². The quantitative estimate of drug-likeness (QED) is 0.259. The van der Waals surface area contributed by atoms with Crippen LogP contribution in [0, 0.1) is 0 Å². The molecule has 49 heavy (non-hydrogen) atoms. The van der Waals surface area contributed by atoms with Crippen molar-refractivity contribution >= 4 is 29.0 Å². The number of nitrogens with two attached hydrogens (primary N) is 1. The summed E-state index contributed by atoms with van der Waals surface area (Å²) in [5.41, 5.74) is 11.0. The standard InChI is InChI=1S/C36H41N9O4/c37-35-27(20-28(40-41-35)26-4-1-2-7-32(26)46)23-21-38-45(22-23)25-10-8-24(9-11-25)42-14-16-43(17-15-42)29-5-3-6-30-34(29)49-19-18-44(30)31-12-13-33(47)39-36(31)48/h1-7,20-22,24-25,31,46H,8-19H2,(H2,37,41)(H,39,47,48)/t24-,25+,31?. The van der Waals surface area contributed by atoms with Crippen LogP contribution in [0.15, 0.2) is 60.9 Å². The van der Waals surface area contributed by atoms with Crippen LogP contribution in [-0.4, -0.2) is 93.2 Å². The van der Waals surface area contributed by atoms with Crippen LogP contribution in [0.5, 0.6) is 11.5 Å². The van der Waals surface area contributed by atoms with E-state index in [1.54, 1.807) is 12.1 Å². The molecule has 13 nitrogen and oxygen atoms in total. The Balaban J connectivity index is 0.884. The van der Waals surface area contributed by atoms with E-state index in [4.69, 9.17) is 15.6 Å². The Morgan fingerprint density at radius 3 is 2.43 bits per heavy atom. The molecule has 0 radical (unpaired) electrons. The van der Waals surface area contributed by atoms with Crippen molar-refractivity contribution in [3.63, 3.8) is 0 Å². The number of nitrogens with one attached hydrogen (secondary N) is 1. The largest absolute Gasteiger partial charge is 0.507 e. The summed E-state index contributed by atoms with van der Waals surface area (Å²) in [6.45, 7) is 4.91. The number of amides is 2. The summed E-state index contributed by atoms with van der Waals surface area (Å²) in [7, 11) is 0. The van der Waals surface area contributed by atoms with Crippen molar-refractivity contribution in [2.24, 2.45) is 0 Å². The number of benzene rings is 2. The lowest BCUT2D eigenvalue weighted by molar-refractivity contribution is -0.134. The van der Waals surface area contributed by atoms with Crippen LogP contribution in [0.4, 0.5) is 17.2 Å². The highest BCUT2D eigenvalue weighted by molar-refractivity contribution is 6.02. The van der Waals surface area contributed by atoms with Crippen LogP contribution in [0.3, 0.4) is 0 Å². The number of carbonyl (C=O) groups is 2. The highest BCUT2D eigenvalue weighted by Gasteiger charge is 2.36. The molecule has 4 aromatic rings. The molecule has 254 valence electrons. The van der Waals surface area contributed by atoms with Gasteiger partial charge >= 0.3 is 0 Å². The van der Waals surface area contributed by atoms with E-state index >= 15 is 0 Å². The summed E-state index contributed by atoms with van der Waals surface area (Å²) >= 11 is 0. The molecule has 1 aliphatic carbocycles. The molecule has 3 fully saturated rings. The van der Waals surface area contributed by atoms with Gasteiger partial charge in [-0.3, -0.25) is 24.5 Å². The van der Waals surface area contributed by atoms with Crippen LogP contribution in [0.25, 0.3) is 22.4 Å². The predicted molar refractivity (Wildman–Crippen MR) is 185 cm³/mol. The van der Waals surface area contributed by atoms with Crippen LogP contribution in [0.1, 0.15) is 44.6 Å². The normalized spacial score (nSPS) is 23.1. The number of aromatic nitrogens is 4. The number of ether oxygens (including phenoxy) is 1. The molecule has 3 aliphatic heterocycles. The van der Waals surface area contributed by atoms with Gasteiger partial charge in [-0.05, 0) is 62.4 Å². The second-order valence-corrected chi connectivity index (χ2v) is 13.4. The number of nitrogens with zero attached hydrogens (tertiary/aromatic N) is 7. The summed E-state index contributed by atoms with van der Waals surface area (Å²) < 4.78 is 8.29. The van der Waals surface area contributed by atoms with Gasteiger partial charge in [0.1, 0.15) is 18.4 Å². The van der Waals surface area contributed by atoms with Gasteiger partial charge in [0, 0.05) is 61.5 Å². The zero-order valence-electron chi connectivity index (χ0n) is 27.4. The van der Waals surface area contributed by atoms with E-state index in [1.807, 2.05) is 36.5 Å². The van der Waals surface area contributed by atoms with E-state index in [1.165, 1.54) is 0 Å². The average Bonchev–Trinajstić information content (AvgIpc) is 3.62. The number of carbonyl (C=O) groups excluding carboxylic acids is 2. The molecule has 2 saturated heterocycles. The molecule has 1 atom stereocenters. The summed E-state index contributed by atoms with van der Waals surface area (Å²) in [6.07, 6.45) is 9.10.